The maximum atomic E-state index is 8.95. The zero-order valence-electron chi connectivity index (χ0n) is 10.9. The minimum atomic E-state index is 0.401. The van der Waals surface area contributed by atoms with E-state index in [0.717, 1.165) is 11.3 Å². The smallest absolute Gasteiger partial charge is 0.0992 e. The highest BCUT2D eigenvalue weighted by molar-refractivity contribution is 5.56. The lowest BCUT2D eigenvalue weighted by Crippen LogP contribution is -2.18. The van der Waals surface area contributed by atoms with Crippen LogP contribution in [0.25, 0.3) is 0 Å². The maximum absolute atomic E-state index is 8.95. The maximum Gasteiger partial charge on any atom is 0.0992 e. The predicted molar refractivity (Wildman–Crippen MR) is 75.5 cm³/mol. The molecule has 0 spiro atoms. The van der Waals surface area contributed by atoms with Gasteiger partial charge in [-0.05, 0) is 43.9 Å². The molecule has 2 rings (SSSR count). The Hall–Kier alpha value is -1.75. The molecule has 1 aromatic rings. The molecule has 0 radical (unpaired) electrons. The molecule has 1 aliphatic rings. The molecule has 94 valence electrons. The van der Waals surface area contributed by atoms with Crippen LogP contribution in [0.4, 0.5) is 5.69 Å². The molecule has 2 nitrogen and oxygen atoms in total. The lowest BCUT2D eigenvalue weighted by atomic mass is 10.0. The van der Waals surface area contributed by atoms with Crippen molar-refractivity contribution in [2.24, 2.45) is 0 Å². The first-order valence-electron chi connectivity index (χ1n) is 6.73. The van der Waals surface area contributed by atoms with Crippen molar-refractivity contribution in [3.8, 4) is 6.07 Å². The molecule has 0 amide bonds. The third-order valence-corrected chi connectivity index (χ3v) is 3.46. The largest absolute Gasteiger partial charge is 0.379 e. The molecule has 1 aromatic carbocycles. The third-order valence-electron chi connectivity index (χ3n) is 3.46. The number of benzene rings is 1. The Morgan fingerprint density at radius 1 is 1.28 bits per heavy atom. The molecule has 0 heterocycles. The summed E-state index contributed by atoms with van der Waals surface area (Å²) in [5.74, 6) is 0. The second-order valence-electron chi connectivity index (χ2n) is 4.96. The van der Waals surface area contributed by atoms with Gasteiger partial charge in [-0.1, -0.05) is 31.1 Å². The molecule has 0 fully saturated rings. The van der Waals surface area contributed by atoms with Crippen LogP contribution in [0, 0.1) is 18.3 Å². The molecular formula is C16H20N2. The van der Waals surface area contributed by atoms with E-state index in [2.05, 4.69) is 30.5 Å². The van der Waals surface area contributed by atoms with E-state index in [0.29, 0.717) is 6.04 Å². The number of aryl methyl sites for hydroxylation is 1. The van der Waals surface area contributed by atoms with Gasteiger partial charge < -0.3 is 5.32 Å². The van der Waals surface area contributed by atoms with Gasteiger partial charge in [0.1, 0.15) is 0 Å². The second-order valence-corrected chi connectivity index (χ2v) is 4.96. The van der Waals surface area contributed by atoms with E-state index >= 15 is 0 Å². The van der Waals surface area contributed by atoms with Crippen LogP contribution in [0.3, 0.4) is 0 Å². The van der Waals surface area contributed by atoms with Crippen molar-refractivity contribution in [1.82, 2.24) is 0 Å². The number of nitrogens with zero attached hydrogens (tertiary/aromatic N) is 1. The zero-order valence-corrected chi connectivity index (χ0v) is 10.9. The average Bonchev–Trinajstić information content (AvgIpc) is 2.35. The molecule has 2 heteroatoms. The summed E-state index contributed by atoms with van der Waals surface area (Å²) in [5.41, 5.74) is 3.01. The first kappa shape index (κ1) is 12.7. The van der Waals surface area contributed by atoms with E-state index in [1.807, 2.05) is 18.2 Å². The summed E-state index contributed by atoms with van der Waals surface area (Å²) in [4.78, 5) is 0. The fourth-order valence-corrected chi connectivity index (χ4v) is 2.33. The number of allylic oxidation sites excluding steroid dienone is 1. The normalized spacial score (nSPS) is 21.4. The fourth-order valence-electron chi connectivity index (χ4n) is 2.33. The Kier molecular flexibility index (Phi) is 4.41. The number of nitriles is 1. The van der Waals surface area contributed by atoms with E-state index in [9.17, 15) is 0 Å². The summed E-state index contributed by atoms with van der Waals surface area (Å²) in [6.45, 7) is 2.08. The van der Waals surface area contributed by atoms with Crippen LogP contribution in [0.15, 0.2) is 30.4 Å². The summed E-state index contributed by atoms with van der Waals surface area (Å²) in [6.07, 6.45) is 10.8. The molecule has 18 heavy (non-hydrogen) atoms. The van der Waals surface area contributed by atoms with E-state index < -0.39 is 0 Å². The van der Waals surface area contributed by atoms with Gasteiger partial charge in [-0.15, -0.1) is 0 Å². The van der Waals surface area contributed by atoms with Crippen LogP contribution in [0.2, 0.25) is 0 Å². The lowest BCUT2D eigenvalue weighted by Gasteiger charge is -2.19. The SMILES string of the molecule is Cc1ccc(C#N)cc1NC1/C=C/CCCCC1. The van der Waals surface area contributed by atoms with Crippen LogP contribution in [-0.4, -0.2) is 6.04 Å². The van der Waals surface area contributed by atoms with E-state index in [1.165, 1.54) is 37.7 Å². The molecule has 0 aliphatic heterocycles. The Morgan fingerprint density at radius 3 is 3.00 bits per heavy atom. The average molecular weight is 240 g/mol. The molecule has 0 saturated carbocycles. The Balaban J connectivity index is 2.12. The first-order valence-corrected chi connectivity index (χ1v) is 6.73. The molecule has 1 N–H and O–H groups in total. The van der Waals surface area contributed by atoms with E-state index in [4.69, 9.17) is 5.26 Å². The number of anilines is 1. The van der Waals surface area contributed by atoms with Crippen LogP contribution in [0.1, 0.15) is 43.2 Å². The minimum Gasteiger partial charge on any atom is -0.379 e. The van der Waals surface area contributed by atoms with Crippen molar-refractivity contribution in [2.75, 3.05) is 5.32 Å². The van der Waals surface area contributed by atoms with Crippen molar-refractivity contribution in [3.05, 3.63) is 41.5 Å². The quantitative estimate of drug-likeness (QED) is 0.788. The first-order chi connectivity index (χ1) is 8.79. The molecule has 0 saturated heterocycles. The number of hydrogen-bond acceptors (Lipinski definition) is 2. The van der Waals surface area contributed by atoms with E-state index in [-0.39, 0.29) is 0 Å². The molecule has 0 bridgehead atoms. The van der Waals surface area contributed by atoms with Gasteiger partial charge in [0.15, 0.2) is 0 Å². The summed E-state index contributed by atoms with van der Waals surface area (Å²) in [6, 6.07) is 8.42. The highest BCUT2D eigenvalue weighted by Crippen LogP contribution is 2.20. The molecule has 1 unspecified atom stereocenters. The van der Waals surface area contributed by atoms with Gasteiger partial charge in [0.25, 0.3) is 0 Å². The van der Waals surface area contributed by atoms with Gasteiger partial charge >= 0.3 is 0 Å². The zero-order chi connectivity index (χ0) is 12.8. The molecular weight excluding hydrogens is 220 g/mol. The number of rotatable bonds is 2. The Morgan fingerprint density at radius 2 is 2.17 bits per heavy atom. The highest BCUT2D eigenvalue weighted by Gasteiger charge is 2.08. The third kappa shape index (κ3) is 3.37. The van der Waals surface area contributed by atoms with Crippen LogP contribution in [-0.2, 0) is 0 Å². The molecule has 1 aliphatic carbocycles. The van der Waals surface area contributed by atoms with Gasteiger partial charge in [-0.3, -0.25) is 0 Å². The van der Waals surface area contributed by atoms with Crippen LogP contribution in [0.5, 0.6) is 0 Å². The van der Waals surface area contributed by atoms with Crippen molar-refractivity contribution in [2.45, 2.75) is 45.1 Å². The van der Waals surface area contributed by atoms with Gasteiger partial charge in [0.05, 0.1) is 11.6 Å². The fraction of sp³-hybridized carbons (Fsp3) is 0.438. The summed E-state index contributed by atoms with van der Waals surface area (Å²) in [7, 11) is 0. The highest BCUT2D eigenvalue weighted by atomic mass is 14.9. The van der Waals surface area contributed by atoms with Crippen molar-refractivity contribution < 1.29 is 0 Å². The van der Waals surface area contributed by atoms with Crippen molar-refractivity contribution in [1.29, 1.82) is 5.26 Å². The Bertz CT molecular complexity index is 468. The Labute approximate surface area is 109 Å². The van der Waals surface area contributed by atoms with Gasteiger partial charge in [-0.2, -0.15) is 5.26 Å². The topological polar surface area (TPSA) is 35.8 Å². The number of hydrogen-bond donors (Lipinski definition) is 1. The van der Waals surface area contributed by atoms with Crippen LogP contribution >= 0.6 is 0 Å². The van der Waals surface area contributed by atoms with E-state index in [1.54, 1.807) is 0 Å². The summed E-state index contributed by atoms with van der Waals surface area (Å²) in [5, 5.41) is 12.5. The molecule has 1 atom stereocenters. The summed E-state index contributed by atoms with van der Waals surface area (Å²) < 4.78 is 0. The molecule has 0 aromatic heterocycles. The standard InChI is InChI=1S/C16H20N2/c1-13-9-10-14(12-17)11-16(13)18-15-7-5-3-2-4-6-8-15/h5,7,9-11,15,18H,2-4,6,8H2,1H3/b7-5+. The van der Waals surface area contributed by atoms with Gasteiger partial charge in [-0.25, -0.2) is 0 Å². The summed E-state index contributed by atoms with van der Waals surface area (Å²) >= 11 is 0. The minimum absolute atomic E-state index is 0.401. The second kappa shape index (κ2) is 6.26. The lowest BCUT2D eigenvalue weighted by molar-refractivity contribution is 0.610. The van der Waals surface area contributed by atoms with Gasteiger partial charge in [0.2, 0.25) is 0 Å². The van der Waals surface area contributed by atoms with Crippen molar-refractivity contribution in [3.63, 3.8) is 0 Å². The van der Waals surface area contributed by atoms with Gasteiger partial charge in [0, 0.05) is 11.7 Å². The van der Waals surface area contributed by atoms with Crippen molar-refractivity contribution >= 4 is 5.69 Å². The number of nitrogens with one attached hydrogen (secondary N) is 1. The predicted octanol–water partition coefficient (Wildman–Crippen LogP) is 4.17. The monoisotopic (exact) mass is 240 g/mol. The van der Waals surface area contributed by atoms with Crippen LogP contribution < -0.4 is 5.32 Å².